The minimum atomic E-state index is 0.809. The summed E-state index contributed by atoms with van der Waals surface area (Å²) < 4.78 is 1.11. The van der Waals surface area contributed by atoms with Gasteiger partial charge >= 0.3 is 0 Å². The fourth-order valence-electron chi connectivity index (χ4n) is 1.67. The zero-order valence-corrected chi connectivity index (χ0v) is 10.1. The van der Waals surface area contributed by atoms with Crippen molar-refractivity contribution in [1.29, 1.82) is 0 Å². The lowest BCUT2D eigenvalue weighted by Crippen LogP contribution is -1.89. The van der Waals surface area contributed by atoms with Gasteiger partial charge in [-0.15, -0.1) is 0 Å². The number of hydrogen-bond donors (Lipinski definition) is 1. The molecule has 2 heteroatoms. The maximum atomic E-state index is 5.73. The van der Waals surface area contributed by atoms with Gasteiger partial charge in [0.2, 0.25) is 0 Å². The molecule has 0 aliphatic carbocycles. The molecular weight excluding hydrogens is 250 g/mol. The summed E-state index contributed by atoms with van der Waals surface area (Å²) in [7, 11) is 0. The Morgan fingerprint density at radius 1 is 1.00 bits per heavy atom. The molecule has 2 aromatic carbocycles. The summed E-state index contributed by atoms with van der Waals surface area (Å²) in [6, 6.07) is 14.2. The molecule has 0 heterocycles. The molecule has 0 bridgehead atoms. The van der Waals surface area contributed by atoms with Gasteiger partial charge in [-0.05, 0) is 41.8 Å². The van der Waals surface area contributed by atoms with Crippen molar-refractivity contribution in [3.05, 3.63) is 52.5 Å². The Balaban J connectivity index is 2.60. The first-order chi connectivity index (χ1) is 7.18. The Kier molecular flexibility index (Phi) is 2.78. The zero-order valence-electron chi connectivity index (χ0n) is 8.50. The van der Waals surface area contributed by atoms with E-state index in [-0.39, 0.29) is 0 Å². The molecule has 0 aliphatic rings. The molecule has 0 spiro atoms. The van der Waals surface area contributed by atoms with Crippen LogP contribution >= 0.6 is 15.9 Å². The van der Waals surface area contributed by atoms with E-state index in [9.17, 15) is 0 Å². The van der Waals surface area contributed by atoms with E-state index in [0.717, 1.165) is 10.2 Å². The second kappa shape index (κ2) is 4.07. The van der Waals surface area contributed by atoms with E-state index in [1.54, 1.807) is 0 Å². The van der Waals surface area contributed by atoms with Crippen LogP contribution in [0.1, 0.15) is 5.56 Å². The third kappa shape index (κ3) is 2.05. The first-order valence-corrected chi connectivity index (χ1v) is 5.59. The molecule has 0 fully saturated rings. The molecule has 2 N–H and O–H groups in total. The first kappa shape index (κ1) is 10.2. The average molecular weight is 262 g/mol. The maximum Gasteiger partial charge on any atom is 0.0317 e. The Bertz CT molecular complexity index is 492. The number of aryl methyl sites for hydroxylation is 1. The summed E-state index contributed by atoms with van der Waals surface area (Å²) in [4.78, 5) is 0. The predicted molar refractivity (Wildman–Crippen MR) is 68.7 cm³/mol. The van der Waals surface area contributed by atoms with Gasteiger partial charge in [0.15, 0.2) is 0 Å². The van der Waals surface area contributed by atoms with Crippen LogP contribution in [0, 0.1) is 6.92 Å². The van der Waals surface area contributed by atoms with E-state index in [1.807, 2.05) is 30.3 Å². The minimum absolute atomic E-state index is 0.809. The number of benzene rings is 2. The van der Waals surface area contributed by atoms with Crippen LogP contribution in [0.25, 0.3) is 11.1 Å². The quantitative estimate of drug-likeness (QED) is 0.772. The zero-order chi connectivity index (χ0) is 10.8. The molecule has 76 valence electrons. The van der Waals surface area contributed by atoms with Gasteiger partial charge in [-0.25, -0.2) is 0 Å². The molecule has 1 nitrogen and oxygen atoms in total. The van der Waals surface area contributed by atoms with Crippen molar-refractivity contribution < 1.29 is 0 Å². The monoisotopic (exact) mass is 261 g/mol. The van der Waals surface area contributed by atoms with Gasteiger partial charge in [0, 0.05) is 10.2 Å². The van der Waals surface area contributed by atoms with Gasteiger partial charge in [0.1, 0.15) is 0 Å². The van der Waals surface area contributed by atoms with Gasteiger partial charge in [-0.2, -0.15) is 0 Å². The molecule has 0 aromatic heterocycles. The number of hydrogen-bond acceptors (Lipinski definition) is 1. The fraction of sp³-hybridized carbons (Fsp3) is 0.0769. The van der Waals surface area contributed by atoms with E-state index in [4.69, 9.17) is 5.73 Å². The lowest BCUT2D eigenvalue weighted by molar-refractivity contribution is 1.45. The molecule has 0 aliphatic heterocycles. The molecule has 0 radical (unpaired) electrons. The number of halogens is 1. The highest BCUT2D eigenvalue weighted by atomic mass is 79.9. The van der Waals surface area contributed by atoms with Gasteiger partial charge in [-0.3, -0.25) is 0 Å². The molecule has 0 atom stereocenters. The first-order valence-electron chi connectivity index (χ1n) is 4.79. The molecule has 0 saturated heterocycles. The summed E-state index contributed by atoms with van der Waals surface area (Å²) >= 11 is 3.55. The van der Waals surface area contributed by atoms with Crippen LogP contribution < -0.4 is 5.73 Å². The lowest BCUT2D eigenvalue weighted by Gasteiger charge is -2.08. The van der Waals surface area contributed by atoms with E-state index in [2.05, 4.69) is 35.0 Å². The van der Waals surface area contributed by atoms with Crippen molar-refractivity contribution in [1.82, 2.24) is 0 Å². The SMILES string of the molecule is Cc1cc(N)ccc1-c1ccccc1Br. The van der Waals surface area contributed by atoms with Gasteiger partial charge in [0.25, 0.3) is 0 Å². The van der Waals surface area contributed by atoms with Crippen LogP contribution in [-0.4, -0.2) is 0 Å². The average Bonchev–Trinajstić information content (AvgIpc) is 2.20. The predicted octanol–water partition coefficient (Wildman–Crippen LogP) is 4.01. The lowest BCUT2D eigenvalue weighted by atomic mass is 10.0. The van der Waals surface area contributed by atoms with Crippen LogP contribution in [0.4, 0.5) is 5.69 Å². The van der Waals surface area contributed by atoms with Gasteiger partial charge in [-0.1, -0.05) is 40.2 Å². The molecule has 2 rings (SSSR count). The van der Waals surface area contributed by atoms with Crippen LogP contribution in [0.15, 0.2) is 46.9 Å². The summed E-state index contributed by atoms with van der Waals surface area (Å²) in [5, 5.41) is 0. The molecular formula is C13H12BrN. The highest BCUT2D eigenvalue weighted by molar-refractivity contribution is 9.10. The van der Waals surface area contributed by atoms with Crippen LogP contribution in [0.5, 0.6) is 0 Å². The second-order valence-electron chi connectivity index (χ2n) is 3.55. The highest BCUT2D eigenvalue weighted by Crippen LogP contribution is 2.30. The van der Waals surface area contributed by atoms with Crippen molar-refractivity contribution in [3.8, 4) is 11.1 Å². The van der Waals surface area contributed by atoms with Gasteiger partial charge < -0.3 is 5.73 Å². The molecule has 0 saturated carbocycles. The Morgan fingerprint density at radius 2 is 1.73 bits per heavy atom. The van der Waals surface area contributed by atoms with Crippen LogP contribution in [0.3, 0.4) is 0 Å². The third-order valence-corrected chi connectivity index (χ3v) is 3.11. The van der Waals surface area contributed by atoms with Crippen LogP contribution in [-0.2, 0) is 0 Å². The van der Waals surface area contributed by atoms with E-state index in [1.165, 1.54) is 16.7 Å². The van der Waals surface area contributed by atoms with E-state index in [0.29, 0.717) is 0 Å². The van der Waals surface area contributed by atoms with Crippen molar-refractivity contribution in [2.45, 2.75) is 6.92 Å². The fourth-order valence-corrected chi connectivity index (χ4v) is 2.17. The van der Waals surface area contributed by atoms with Crippen molar-refractivity contribution >= 4 is 21.6 Å². The summed E-state index contributed by atoms with van der Waals surface area (Å²) in [5.74, 6) is 0. The minimum Gasteiger partial charge on any atom is -0.399 e. The molecule has 0 unspecified atom stereocenters. The Hall–Kier alpha value is -1.28. The molecule has 15 heavy (non-hydrogen) atoms. The second-order valence-corrected chi connectivity index (χ2v) is 4.41. The highest BCUT2D eigenvalue weighted by Gasteiger charge is 2.04. The smallest absolute Gasteiger partial charge is 0.0317 e. The standard InChI is InChI=1S/C13H12BrN/c1-9-8-10(15)6-7-11(9)12-4-2-3-5-13(12)14/h2-8H,15H2,1H3. The summed E-state index contributed by atoms with van der Waals surface area (Å²) in [6.45, 7) is 2.07. The number of rotatable bonds is 1. The Labute approximate surface area is 98.1 Å². The topological polar surface area (TPSA) is 26.0 Å². The van der Waals surface area contributed by atoms with E-state index >= 15 is 0 Å². The van der Waals surface area contributed by atoms with E-state index < -0.39 is 0 Å². The largest absolute Gasteiger partial charge is 0.399 e. The number of anilines is 1. The van der Waals surface area contributed by atoms with Crippen LogP contribution in [0.2, 0.25) is 0 Å². The molecule has 2 aromatic rings. The number of nitrogens with two attached hydrogens (primary N) is 1. The van der Waals surface area contributed by atoms with Crippen molar-refractivity contribution in [2.75, 3.05) is 5.73 Å². The van der Waals surface area contributed by atoms with Gasteiger partial charge in [0.05, 0.1) is 0 Å². The van der Waals surface area contributed by atoms with Crippen molar-refractivity contribution in [2.24, 2.45) is 0 Å². The summed E-state index contributed by atoms with van der Waals surface area (Å²) in [5.41, 5.74) is 10.2. The van der Waals surface area contributed by atoms with Crippen molar-refractivity contribution in [3.63, 3.8) is 0 Å². The normalized spacial score (nSPS) is 10.3. The third-order valence-electron chi connectivity index (χ3n) is 2.41. The summed E-state index contributed by atoms with van der Waals surface area (Å²) in [6.07, 6.45) is 0. The Morgan fingerprint density at radius 3 is 2.40 bits per heavy atom. The maximum absolute atomic E-state index is 5.73. The molecule has 0 amide bonds. The number of nitrogen functional groups attached to an aromatic ring is 1.